The van der Waals surface area contributed by atoms with E-state index in [4.69, 9.17) is 14.6 Å². The normalized spacial score (nSPS) is 11.9. The van der Waals surface area contributed by atoms with Crippen molar-refractivity contribution in [3.05, 3.63) is 18.4 Å². The maximum Gasteiger partial charge on any atom is 0.180 e. The van der Waals surface area contributed by atoms with Gasteiger partial charge in [0, 0.05) is 0 Å². The van der Waals surface area contributed by atoms with Crippen molar-refractivity contribution in [1.29, 1.82) is 0 Å². The molecule has 0 amide bonds. The molecule has 1 aromatic rings. The Bertz CT molecular complexity index is 236. The summed E-state index contributed by atoms with van der Waals surface area (Å²) in [5.74, 6) is 0.685. The third-order valence-corrected chi connectivity index (χ3v) is 2.40. The molecule has 0 fully saturated rings. The fourth-order valence-corrected chi connectivity index (χ4v) is 1.11. The van der Waals surface area contributed by atoms with Crippen molar-refractivity contribution in [2.45, 2.75) is 25.4 Å². The Morgan fingerprint density at radius 3 is 2.64 bits per heavy atom. The van der Waals surface area contributed by atoms with Gasteiger partial charge in [-0.1, -0.05) is 6.92 Å². The van der Waals surface area contributed by atoms with Gasteiger partial charge in [0.1, 0.15) is 5.76 Å². The molecule has 0 atom stereocenters. The van der Waals surface area contributed by atoms with Gasteiger partial charge in [0.25, 0.3) is 0 Å². The molecule has 0 aliphatic heterocycles. The van der Waals surface area contributed by atoms with Crippen LogP contribution in [0.3, 0.4) is 0 Å². The van der Waals surface area contributed by atoms with E-state index in [2.05, 4.69) is 10.3 Å². The lowest BCUT2D eigenvalue weighted by molar-refractivity contribution is 0.0848. The third kappa shape index (κ3) is 2.54. The molecule has 5 nitrogen and oxygen atoms in total. The molecule has 5 heteroatoms. The lowest BCUT2D eigenvalue weighted by atomic mass is 9.98. The SMILES string of the molecule is CCC(CO)(CO)NCc1cnco1. The van der Waals surface area contributed by atoms with Crippen LogP contribution < -0.4 is 5.32 Å². The molecule has 14 heavy (non-hydrogen) atoms. The number of hydrogen-bond acceptors (Lipinski definition) is 5. The summed E-state index contributed by atoms with van der Waals surface area (Å²) in [4.78, 5) is 3.77. The van der Waals surface area contributed by atoms with E-state index in [1.54, 1.807) is 6.20 Å². The summed E-state index contributed by atoms with van der Waals surface area (Å²) in [5, 5.41) is 21.3. The Morgan fingerprint density at radius 1 is 1.50 bits per heavy atom. The molecular formula is C9H16N2O3. The van der Waals surface area contributed by atoms with Crippen molar-refractivity contribution in [1.82, 2.24) is 10.3 Å². The van der Waals surface area contributed by atoms with E-state index in [0.717, 1.165) is 0 Å². The molecular weight excluding hydrogens is 184 g/mol. The molecule has 0 aromatic carbocycles. The van der Waals surface area contributed by atoms with Crippen LogP contribution in [0, 0.1) is 0 Å². The minimum absolute atomic E-state index is 0.103. The average molecular weight is 200 g/mol. The molecule has 1 rings (SSSR count). The molecule has 80 valence electrons. The van der Waals surface area contributed by atoms with Crippen molar-refractivity contribution in [3.8, 4) is 0 Å². The quantitative estimate of drug-likeness (QED) is 0.597. The zero-order valence-electron chi connectivity index (χ0n) is 8.23. The second kappa shape index (κ2) is 5.09. The second-order valence-electron chi connectivity index (χ2n) is 3.27. The Labute approximate surface area is 82.8 Å². The number of aliphatic hydroxyl groups is 2. The predicted octanol–water partition coefficient (Wildman–Crippen LogP) is -0.102. The van der Waals surface area contributed by atoms with Gasteiger partial charge < -0.3 is 19.9 Å². The van der Waals surface area contributed by atoms with Gasteiger partial charge >= 0.3 is 0 Å². The zero-order chi connectivity index (χ0) is 10.4. The van der Waals surface area contributed by atoms with E-state index in [-0.39, 0.29) is 13.2 Å². The van der Waals surface area contributed by atoms with E-state index in [1.807, 2.05) is 6.92 Å². The Kier molecular flexibility index (Phi) is 4.06. The fraction of sp³-hybridized carbons (Fsp3) is 0.667. The maximum absolute atomic E-state index is 9.14. The zero-order valence-corrected chi connectivity index (χ0v) is 8.23. The minimum Gasteiger partial charge on any atom is -0.447 e. The summed E-state index contributed by atoms with van der Waals surface area (Å²) >= 11 is 0. The lowest BCUT2D eigenvalue weighted by Gasteiger charge is -2.29. The van der Waals surface area contributed by atoms with Crippen LogP contribution >= 0.6 is 0 Å². The largest absolute Gasteiger partial charge is 0.447 e. The van der Waals surface area contributed by atoms with Gasteiger partial charge in [0.05, 0.1) is 31.5 Å². The highest BCUT2D eigenvalue weighted by Gasteiger charge is 2.25. The third-order valence-electron chi connectivity index (χ3n) is 2.40. The first-order valence-corrected chi connectivity index (χ1v) is 4.60. The molecule has 0 aliphatic rings. The highest BCUT2D eigenvalue weighted by molar-refractivity contribution is 4.92. The molecule has 0 spiro atoms. The van der Waals surface area contributed by atoms with Crippen molar-refractivity contribution >= 4 is 0 Å². The van der Waals surface area contributed by atoms with Crippen molar-refractivity contribution in [2.24, 2.45) is 0 Å². The van der Waals surface area contributed by atoms with Gasteiger partial charge in [-0.3, -0.25) is 0 Å². The monoisotopic (exact) mass is 200 g/mol. The molecule has 0 saturated carbocycles. The van der Waals surface area contributed by atoms with Gasteiger partial charge in [-0.25, -0.2) is 4.98 Å². The first-order chi connectivity index (χ1) is 6.76. The van der Waals surface area contributed by atoms with E-state index < -0.39 is 5.54 Å². The lowest BCUT2D eigenvalue weighted by Crippen LogP contribution is -2.50. The summed E-state index contributed by atoms with van der Waals surface area (Å²) in [5.41, 5.74) is -0.632. The van der Waals surface area contributed by atoms with E-state index in [9.17, 15) is 0 Å². The first kappa shape index (κ1) is 11.2. The smallest absolute Gasteiger partial charge is 0.180 e. The number of aromatic nitrogens is 1. The molecule has 0 unspecified atom stereocenters. The number of hydrogen-bond donors (Lipinski definition) is 3. The van der Waals surface area contributed by atoms with Gasteiger partial charge in [0.15, 0.2) is 6.39 Å². The molecule has 0 radical (unpaired) electrons. The summed E-state index contributed by atoms with van der Waals surface area (Å²) in [6.07, 6.45) is 3.60. The summed E-state index contributed by atoms with van der Waals surface area (Å²) in [7, 11) is 0. The van der Waals surface area contributed by atoms with Crippen molar-refractivity contribution in [3.63, 3.8) is 0 Å². The fourth-order valence-electron chi connectivity index (χ4n) is 1.11. The van der Waals surface area contributed by atoms with Gasteiger partial charge in [-0.2, -0.15) is 0 Å². The molecule has 0 aliphatic carbocycles. The number of oxazole rings is 1. The van der Waals surface area contributed by atoms with Crippen LogP contribution in [0.5, 0.6) is 0 Å². The van der Waals surface area contributed by atoms with E-state index >= 15 is 0 Å². The molecule has 0 bridgehead atoms. The van der Waals surface area contributed by atoms with Crippen molar-refractivity contribution < 1.29 is 14.6 Å². The first-order valence-electron chi connectivity index (χ1n) is 4.60. The number of nitrogens with one attached hydrogen (secondary N) is 1. The van der Waals surface area contributed by atoms with E-state index in [0.29, 0.717) is 18.7 Å². The number of aliphatic hydroxyl groups excluding tert-OH is 2. The van der Waals surface area contributed by atoms with Gasteiger partial charge in [0.2, 0.25) is 0 Å². The minimum atomic E-state index is -0.632. The Balaban J connectivity index is 2.48. The second-order valence-corrected chi connectivity index (χ2v) is 3.27. The van der Waals surface area contributed by atoms with Gasteiger partial charge in [-0.05, 0) is 6.42 Å². The van der Waals surface area contributed by atoms with Crippen LogP contribution in [0.1, 0.15) is 19.1 Å². The Hall–Kier alpha value is -0.910. The van der Waals surface area contributed by atoms with Crippen molar-refractivity contribution in [2.75, 3.05) is 13.2 Å². The number of nitrogens with zero attached hydrogens (tertiary/aromatic N) is 1. The highest BCUT2D eigenvalue weighted by Crippen LogP contribution is 2.09. The van der Waals surface area contributed by atoms with Crippen LogP contribution in [-0.2, 0) is 6.54 Å². The van der Waals surface area contributed by atoms with Crippen LogP contribution in [0.25, 0.3) is 0 Å². The summed E-state index contributed by atoms with van der Waals surface area (Å²) < 4.78 is 5.03. The van der Waals surface area contributed by atoms with Crippen LogP contribution in [0.15, 0.2) is 17.0 Å². The topological polar surface area (TPSA) is 78.5 Å². The standard InChI is InChI=1S/C9H16N2O3/c1-2-9(5-12,6-13)11-4-8-3-10-7-14-8/h3,7,11-13H,2,4-6H2,1H3. The van der Waals surface area contributed by atoms with Gasteiger partial charge in [-0.15, -0.1) is 0 Å². The summed E-state index contributed by atoms with van der Waals surface area (Å²) in [6, 6.07) is 0. The molecule has 1 aromatic heterocycles. The van der Waals surface area contributed by atoms with Crippen LogP contribution in [-0.4, -0.2) is 33.9 Å². The summed E-state index contributed by atoms with van der Waals surface area (Å²) in [6.45, 7) is 2.15. The molecule has 3 N–H and O–H groups in total. The predicted molar refractivity (Wildman–Crippen MR) is 50.5 cm³/mol. The Morgan fingerprint density at radius 2 is 2.21 bits per heavy atom. The number of rotatable bonds is 6. The molecule has 1 heterocycles. The highest BCUT2D eigenvalue weighted by atomic mass is 16.3. The van der Waals surface area contributed by atoms with Crippen LogP contribution in [0.4, 0.5) is 0 Å². The maximum atomic E-state index is 9.14. The van der Waals surface area contributed by atoms with Crippen LogP contribution in [0.2, 0.25) is 0 Å². The van der Waals surface area contributed by atoms with E-state index in [1.165, 1.54) is 6.39 Å². The average Bonchev–Trinajstić information content (AvgIpc) is 2.74. The molecule has 0 saturated heterocycles.